The number of carboxylic acid groups (broad SMARTS) is 1. The smallest absolute Gasteiger partial charge is 0.335 e. The van der Waals surface area contributed by atoms with E-state index in [1.165, 1.54) is 12.1 Å². The summed E-state index contributed by atoms with van der Waals surface area (Å²) in [5.74, 6) is -1.29. The first-order valence-electron chi connectivity index (χ1n) is 7.50. The summed E-state index contributed by atoms with van der Waals surface area (Å²) in [6.45, 7) is 0. The molecule has 1 fully saturated rings. The largest absolute Gasteiger partial charge is 0.479 e. The minimum atomic E-state index is -1.79. The van der Waals surface area contributed by atoms with Crippen LogP contribution in [-0.2, 0) is 16.0 Å². The third-order valence-electron chi connectivity index (χ3n) is 3.84. The van der Waals surface area contributed by atoms with Crippen LogP contribution in [0, 0.1) is 0 Å². The molecule has 0 spiro atoms. The molecule has 8 N–H and O–H groups in total. The molecular formula is C15H21NO9. The summed E-state index contributed by atoms with van der Waals surface area (Å²) in [4.78, 5) is 11.0. The second kappa shape index (κ2) is 8.06. The normalized spacial score (nSPS) is 30.9. The van der Waals surface area contributed by atoms with Gasteiger partial charge < -0.3 is 45.8 Å². The summed E-state index contributed by atoms with van der Waals surface area (Å²) in [5.41, 5.74) is 6.23. The summed E-state index contributed by atoms with van der Waals surface area (Å²) in [7, 11) is 0. The SMILES string of the molecule is N[C@@H](Cc1ccc(OC2O[C@H](C(=O)O)[C@@H](O)[C@H](O)[C@H]2O)cc1)C(O)O. The van der Waals surface area contributed by atoms with Crippen LogP contribution < -0.4 is 10.5 Å². The van der Waals surface area contributed by atoms with Crippen molar-refractivity contribution in [2.24, 2.45) is 5.73 Å². The number of aliphatic hydroxyl groups is 5. The van der Waals surface area contributed by atoms with Crippen LogP contribution in [-0.4, -0.2) is 79.6 Å². The van der Waals surface area contributed by atoms with Crippen molar-refractivity contribution in [1.82, 2.24) is 0 Å². The number of benzene rings is 1. The van der Waals surface area contributed by atoms with Crippen molar-refractivity contribution in [3.05, 3.63) is 29.8 Å². The molecule has 1 aromatic carbocycles. The van der Waals surface area contributed by atoms with Gasteiger partial charge in [-0.1, -0.05) is 12.1 Å². The molecular weight excluding hydrogens is 338 g/mol. The van der Waals surface area contributed by atoms with E-state index in [1.807, 2.05) is 0 Å². The van der Waals surface area contributed by atoms with Gasteiger partial charge in [0.25, 0.3) is 0 Å². The van der Waals surface area contributed by atoms with E-state index in [1.54, 1.807) is 12.1 Å². The number of aliphatic hydroxyl groups excluding tert-OH is 4. The van der Waals surface area contributed by atoms with Gasteiger partial charge in [0, 0.05) is 0 Å². The second-order valence-corrected chi connectivity index (χ2v) is 5.78. The fourth-order valence-corrected chi connectivity index (χ4v) is 2.37. The Bertz CT molecular complexity index is 579. The van der Waals surface area contributed by atoms with E-state index in [4.69, 9.17) is 30.5 Å². The van der Waals surface area contributed by atoms with Crippen molar-refractivity contribution < 1.29 is 44.9 Å². The van der Waals surface area contributed by atoms with Crippen LogP contribution in [0.5, 0.6) is 5.75 Å². The van der Waals surface area contributed by atoms with Gasteiger partial charge in [-0.2, -0.15) is 0 Å². The van der Waals surface area contributed by atoms with E-state index in [2.05, 4.69) is 0 Å². The Hall–Kier alpha value is -1.79. The van der Waals surface area contributed by atoms with Gasteiger partial charge in [-0.3, -0.25) is 0 Å². The minimum absolute atomic E-state index is 0.201. The molecule has 0 bridgehead atoms. The average Bonchev–Trinajstić information content (AvgIpc) is 2.56. The molecule has 1 aliphatic rings. The highest BCUT2D eigenvalue weighted by Gasteiger charge is 2.48. The standard InChI is InChI=1S/C15H21NO9/c16-8(13(20)21)5-6-1-3-7(4-2-6)24-15-11(19)9(17)10(18)12(25-15)14(22)23/h1-4,8-13,15,17-21H,5,16H2,(H,22,23)/t8-,9-,10-,11+,12-,15?/m0/s1. The first kappa shape index (κ1) is 19.5. The molecule has 140 valence electrons. The van der Waals surface area contributed by atoms with Gasteiger partial charge in [-0.05, 0) is 24.1 Å². The number of ether oxygens (including phenoxy) is 2. The summed E-state index contributed by atoms with van der Waals surface area (Å²) in [6, 6.07) is 5.28. The lowest BCUT2D eigenvalue weighted by molar-refractivity contribution is -0.271. The fraction of sp³-hybridized carbons (Fsp3) is 0.533. The van der Waals surface area contributed by atoms with E-state index >= 15 is 0 Å². The summed E-state index contributed by atoms with van der Waals surface area (Å²) in [5, 5.41) is 56.1. The molecule has 0 aliphatic carbocycles. The lowest BCUT2D eigenvalue weighted by Gasteiger charge is -2.38. The third kappa shape index (κ3) is 4.64. The Balaban J connectivity index is 2.04. The van der Waals surface area contributed by atoms with Crippen LogP contribution in [0.1, 0.15) is 5.56 Å². The Kier molecular flexibility index (Phi) is 6.30. The molecule has 1 saturated heterocycles. The van der Waals surface area contributed by atoms with Crippen LogP contribution >= 0.6 is 0 Å². The minimum Gasteiger partial charge on any atom is -0.479 e. The molecule has 0 aromatic heterocycles. The van der Waals surface area contributed by atoms with Crippen molar-refractivity contribution in [2.75, 3.05) is 0 Å². The van der Waals surface area contributed by atoms with Gasteiger partial charge in [0.1, 0.15) is 24.1 Å². The number of hydrogen-bond donors (Lipinski definition) is 7. The topological polar surface area (TPSA) is 183 Å². The molecule has 2 rings (SSSR count). The van der Waals surface area contributed by atoms with Crippen LogP contribution in [0.4, 0.5) is 0 Å². The first-order valence-corrected chi connectivity index (χ1v) is 7.50. The molecule has 10 heteroatoms. The van der Waals surface area contributed by atoms with Crippen molar-refractivity contribution in [1.29, 1.82) is 0 Å². The number of aliphatic carboxylic acids is 1. The molecule has 0 radical (unpaired) electrons. The Morgan fingerprint density at radius 1 is 1.12 bits per heavy atom. The van der Waals surface area contributed by atoms with E-state index in [-0.39, 0.29) is 12.2 Å². The van der Waals surface area contributed by atoms with Gasteiger partial charge in [0.15, 0.2) is 12.4 Å². The maximum atomic E-state index is 11.0. The molecule has 1 unspecified atom stereocenters. The van der Waals surface area contributed by atoms with Crippen LogP contribution in [0.25, 0.3) is 0 Å². The van der Waals surface area contributed by atoms with Gasteiger partial charge in [-0.15, -0.1) is 0 Å². The fourth-order valence-electron chi connectivity index (χ4n) is 2.37. The van der Waals surface area contributed by atoms with E-state index in [0.29, 0.717) is 5.56 Å². The zero-order chi connectivity index (χ0) is 18.7. The highest BCUT2D eigenvalue weighted by molar-refractivity contribution is 5.73. The van der Waals surface area contributed by atoms with Crippen molar-refractivity contribution in [2.45, 2.75) is 49.5 Å². The van der Waals surface area contributed by atoms with E-state index in [0.717, 1.165) is 0 Å². The summed E-state index contributed by atoms with van der Waals surface area (Å²) < 4.78 is 10.3. The van der Waals surface area contributed by atoms with E-state index < -0.39 is 49.0 Å². The summed E-state index contributed by atoms with van der Waals surface area (Å²) >= 11 is 0. The van der Waals surface area contributed by atoms with Crippen molar-refractivity contribution >= 4 is 5.97 Å². The van der Waals surface area contributed by atoms with Crippen molar-refractivity contribution in [3.63, 3.8) is 0 Å². The Morgan fingerprint density at radius 2 is 1.72 bits per heavy atom. The Labute approximate surface area is 142 Å². The number of rotatable bonds is 6. The molecule has 1 aromatic rings. The van der Waals surface area contributed by atoms with Crippen LogP contribution in [0.2, 0.25) is 0 Å². The molecule has 6 atom stereocenters. The molecule has 0 saturated carbocycles. The van der Waals surface area contributed by atoms with Crippen LogP contribution in [0.3, 0.4) is 0 Å². The quantitative estimate of drug-likeness (QED) is 0.261. The molecule has 1 aliphatic heterocycles. The predicted octanol–water partition coefficient (Wildman–Crippen LogP) is -2.86. The van der Waals surface area contributed by atoms with Gasteiger partial charge in [0.2, 0.25) is 6.29 Å². The maximum Gasteiger partial charge on any atom is 0.335 e. The van der Waals surface area contributed by atoms with Gasteiger partial charge in [0.05, 0.1) is 6.04 Å². The highest BCUT2D eigenvalue weighted by atomic mass is 16.7. The first-order chi connectivity index (χ1) is 11.7. The average molecular weight is 359 g/mol. The maximum absolute atomic E-state index is 11.0. The molecule has 10 nitrogen and oxygen atoms in total. The molecule has 1 heterocycles. The predicted molar refractivity (Wildman–Crippen MR) is 81.3 cm³/mol. The van der Waals surface area contributed by atoms with Gasteiger partial charge in [-0.25, -0.2) is 4.79 Å². The van der Waals surface area contributed by atoms with Crippen LogP contribution in [0.15, 0.2) is 24.3 Å². The number of hydrogen-bond acceptors (Lipinski definition) is 9. The van der Waals surface area contributed by atoms with Gasteiger partial charge >= 0.3 is 5.97 Å². The third-order valence-corrected chi connectivity index (χ3v) is 3.84. The second-order valence-electron chi connectivity index (χ2n) is 5.78. The lowest BCUT2D eigenvalue weighted by atomic mass is 9.99. The summed E-state index contributed by atoms with van der Waals surface area (Å²) in [6.07, 6.45) is -9.87. The Morgan fingerprint density at radius 3 is 2.24 bits per heavy atom. The lowest BCUT2D eigenvalue weighted by Crippen LogP contribution is -2.61. The molecule has 0 amide bonds. The number of carbonyl (C=O) groups is 1. The van der Waals surface area contributed by atoms with Crippen molar-refractivity contribution in [3.8, 4) is 5.75 Å². The van der Waals surface area contributed by atoms with E-state index in [9.17, 15) is 20.1 Å². The monoisotopic (exact) mass is 359 g/mol. The zero-order valence-electron chi connectivity index (χ0n) is 13.0. The zero-order valence-corrected chi connectivity index (χ0v) is 13.0. The molecule has 25 heavy (non-hydrogen) atoms. The number of nitrogens with two attached hydrogens (primary N) is 1. The number of carboxylic acids is 1. The highest BCUT2D eigenvalue weighted by Crippen LogP contribution is 2.25.